The first-order valence-electron chi connectivity index (χ1n) is 10.9. The summed E-state index contributed by atoms with van der Waals surface area (Å²) in [6.07, 6.45) is 2.76. The maximum Gasteiger partial charge on any atom is 0.245 e. The van der Waals surface area contributed by atoms with Crippen molar-refractivity contribution in [3.8, 4) is 0 Å². The minimum atomic E-state index is -0.775. The summed E-state index contributed by atoms with van der Waals surface area (Å²) in [5.41, 5.74) is 7.12. The third-order valence-corrected chi connectivity index (χ3v) is 6.26. The summed E-state index contributed by atoms with van der Waals surface area (Å²) in [4.78, 5) is 40.0. The molecule has 0 aromatic heterocycles. The number of nitrogens with one attached hydrogen (secondary N) is 3. The van der Waals surface area contributed by atoms with Crippen LogP contribution >= 0.6 is 0 Å². The lowest BCUT2D eigenvalue weighted by Gasteiger charge is -2.30. The molecule has 1 fully saturated rings. The lowest BCUT2D eigenvalue weighted by atomic mass is 10.1. The number of likely N-dealkylation sites (tertiary alicyclic amines) is 1. The molecule has 1 aromatic carbocycles. The second kappa shape index (κ2) is 10.2. The quantitative estimate of drug-likeness (QED) is 0.472. The second-order valence-corrected chi connectivity index (χ2v) is 8.25. The molecule has 9 heteroatoms. The molecule has 0 saturated carbocycles. The van der Waals surface area contributed by atoms with Gasteiger partial charge in [0.1, 0.15) is 17.9 Å². The molecule has 1 aliphatic carbocycles. The second-order valence-electron chi connectivity index (χ2n) is 8.25. The summed E-state index contributed by atoms with van der Waals surface area (Å²) in [5.74, 6) is -1.07. The van der Waals surface area contributed by atoms with Crippen LogP contribution in [-0.2, 0) is 20.8 Å². The van der Waals surface area contributed by atoms with E-state index in [-0.39, 0.29) is 36.1 Å². The van der Waals surface area contributed by atoms with Crippen molar-refractivity contribution in [2.24, 2.45) is 5.73 Å². The third-order valence-electron chi connectivity index (χ3n) is 6.26. The SMILES string of the molecule is CN[C@H](C)C(=O)N[C@H](CCN)C(=O)N1CCCC1C(=O)NC1CCc2c(F)cccc21. The molecule has 3 amide bonds. The van der Waals surface area contributed by atoms with E-state index in [0.717, 1.165) is 5.56 Å². The largest absolute Gasteiger partial charge is 0.347 e. The van der Waals surface area contributed by atoms with E-state index in [1.807, 2.05) is 6.07 Å². The fourth-order valence-electron chi connectivity index (χ4n) is 4.38. The van der Waals surface area contributed by atoms with Crippen LogP contribution in [0.25, 0.3) is 0 Å². The van der Waals surface area contributed by atoms with Gasteiger partial charge in [-0.1, -0.05) is 12.1 Å². The lowest BCUT2D eigenvalue weighted by molar-refractivity contribution is -0.141. The van der Waals surface area contributed by atoms with Crippen LogP contribution in [0.2, 0.25) is 0 Å². The fraction of sp³-hybridized carbons (Fsp3) is 0.591. The smallest absolute Gasteiger partial charge is 0.245 e. The van der Waals surface area contributed by atoms with E-state index in [9.17, 15) is 18.8 Å². The average molecular weight is 434 g/mol. The van der Waals surface area contributed by atoms with Gasteiger partial charge in [0.05, 0.1) is 12.1 Å². The van der Waals surface area contributed by atoms with Crippen molar-refractivity contribution in [1.82, 2.24) is 20.9 Å². The third kappa shape index (κ3) is 5.04. The van der Waals surface area contributed by atoms with Crippen molar-refractivity contribution < 1.29 is 18.8 Å². The minimum Gasteiger partial charge on any atom is -0.347 e. The normalized spacial score (nSPS) is 22.0. The Labute approximate surface area is 182 Å². The molecule has 0 bridgehead atoms. The topological polar surface area (TPSA) is 117 Å². The first-order valence-corrected chi connectivity index (χ1v) is 10.9. The lowest BCUT2D eigenvalue weighted by Crippen LogP contribution is -2.56. The molecule has 1 aromatic rings. The summed E-state index contributed by atoms with van der Waals surface area (Å²) in [7, 11) is 1.66. The molecule has 1 heterocycles. The van der Waals surface area contributed by atoms with Gasteiger partial charge in [-0.25, -0.2) is 4.39 Å². The zero-order valence-corrected chi connectivity index (χ0v) is 18.1. The Morgan fingerprint density at radius 1 is 1.29 bits per heavy atom. The highest BCUT2D eigenvalue weighted by atomic mass is 19.1. The summed E-state index contributed by atoms with van der Waals surface area (Å²) in [5, 5.41) is 8.60. The van der Waals surface area contributed by atoms with Crippen molar-refractivity contribution in [3.63, 3.8) is 0 Å². The molecule has 3 rings (SSSR count). The molecule has 1 aliphatic heterocycles. The van der Waals surface area contributed by atoms with E-state index in [0.29, 0.717) is 44.2 Å². The van der Waals surface area contributed by atoms with Crippen molar-refractivity contribution >= 4 is 17.7 Å². The van der Waals surface area contributed by atoms with Gasteiger partial charge in [-0.3, -0.25) is 14.4 Å². The predicted octanol–water partition coefficient (Wildman–Crippen LogP) is 0.362. The number of carbonyl (C=O) groups excluding carboxylic acids is 3. The number of carbonyl (C=O) groups is 3. The molecule has 2 aliphatic rings. The monoisotopic (exact) mass is 433 g/mol. The first-order chi connectivity index (χ1) is 14.9. The molecule has 1 saturated heterocycles. The number of hydrogen-bond donors (Lipinski definition) is 4. The van der Waals surface area contributed by atoms with Gasteiger partial charge in [-0.05, 0) is 69.8 Å². The van der Waals surface area contributed by atoms with E-state index in [4.69, 9.17) is 5.73 Å². The molecular formula is C22H32FN5O3. The Morgan fingerprint density at radius 2 is 2.06 bits per heavy atom. The Hall–Kier alpha value is -2.52. The van der Waals surface area contributed by atoms with Gasteiger partial charge in [0.15, 0.2) is 0 Å². The first kappa shape index (κ1) is 23.1. The Kier molecular flexibility index (Phi) is 7.61. The van der Waals surface area contributed by atoms with E-state index >= 15 is 0 Å². The van der Waals surface area contributed by atoms with E-state index < -0.39 is 18.1 Å². The summed E-state index contributed by atoms with van der Waals surface area (Å²) < 4.78 is 14.0. The van der Waals surface area contributed by atoms with Gasteiger partial charge in [-0.2, -0.15) is 0 Å². The predicted molar refractivity (Wildman–Crippen MR) is 114 cm³/mol. The van der Waals surface area contributed by atoms with Gasteiger partial charge < -0.3 is 26.6 Å². The highest BCUT2D eigenvalue weighted by molar-refractivity contribution is 5.93. The van der Waals surface area contributed by atoms with E-state index in [2.05, 4.69) is 16.0 Å². The van der Waals surface area contributed by atoms with Gasteiger partial charge in [0, 0.05) is 6.54 Å². The van der Waals surface area contributed by atoms with Crippen LogP contribution < -0.4 is 21.7 Å². The number of nitrogens with zero attached hydrogens (tertiary/aromatic N) is 1. The zero-order chi connectivity index (χ0) is 22.5. The van der Waals surface area contributed by atoms with Gasteiger partial charge in [-0.15, -0.1) is 0 Å². The number of fused-ring (bicyclic) bond motifs is 1. The maximum absolute atomic E-state index is 14.0. The van der Waals surface area contributed by atoms with Crippen LogP contribution in [-0.4, -0.2) is 60.9 Å². The molecule has 170 valence electrons. The number of hydrogen-bond acceptors (Lipinski definition) is 5. The van der Waals surface area contributed by atoms with Gasteiger partial charge in [0.25, 0.3) is 0 Å². The fourth-order valence-corrected chi connectivity index (χ4v) is 4.38. The Balaban J connectivity index is 1.68. The van der Waals surface area contributed by atoms with E-state index in [1.54, 1.807) is 24.9 Å². The molecule has 31 heavy (non-hydrogen) atoms. The van der Waals surface area contributed by atoms with Gasteiger partial charge >= 0.3 is 0 Å². The zero-order valence-electron chi connectivity index (χ0n) is 18.1. The molecule has 2 unspecified atom stereocenters. The van der Waals surface area contributed by atoms with Crippen LogP contribution in [0.1, 0.15) is 49.8 Å². The molecule has 0 radical (unpaired) electrons. The number of likely N-dealkylation sites (N-methyl/N-ethyl adjacent to an activating group) is 1. The number of benzene rings is 1. The Morgan fingerprint density at radius 3 is 2.77 bits per heavy atom. The van der Waals surface area contributed by atoms with Crippen molar-refractivity contribution in [2.45, 2.75) is 63.2 Å². The van der Waals surface area contributed by atoms with Crippen molar-refractivity contribution in [1.29, 1.82) is 0 Å². The molecule has 5 N–H and O–H groups in total. The highest BCUT2D eigenvalue weighted by Gasteiger charge is 2.39. The van der Waals surface area contributed by atoms with Crippen molar-refractivity contribution in [2.75, 3.05) is 20.1 Å². The molecular weight excluding hydrogens is 401 g/mol. The molecule has 4 atom stereocenters. The van der Waals surface area contributed by atoms with Crippen LogP contribution in [0.3, 0.4) is 0 Å². The van der Waals surface area contributed by atoms with Crippen LogP contribution in [0, 0.1) is 5.82 Å². The molecule has 0 spiro atoms. The standard InChI is InChI=1S/C22H32FN5O3/c1-13(25-2)20(29)27-18(10-11-24)22(31)28-12-4-7-19(28)21(30)26-17-9-8-14-15(17)5-3-6-16(14)23/h3,5-6,13,17-19,25H,4,7-12,24H2,1-2H3,(H,26,30)(H,27,29)/t13-,17?,18-,19?/m1/s1. The van der Waals surface area contributed by atoms with Crippen LogP contribution in [0.4, 0.5) is 4.39 Å². The van der Waals surface area contributed by atoms with Crippen molar-refractivity contribution in [3.05, 3.63) is 35.1 Å². The molecule has 8 nitrogen and oxygen atoms in total. The Bertz CT molecular complexity index is 833. The highest BCUT2D eigenvalue weighted by Crippen LogP contribution is 2.33. The average Bonchev–Trinajstić information content (AvgIpc) is 3.40. The van der Waals surface area contributed by atoms with Gasteiger partial charge in [0.2, 0.25) is 17.7 Å². The number of rotatable bonds is 8. The summed E-state index contributed by atoms with van der Waals surface area (Å²) in [6.45, 7) is 2.39. The minimum absolute atomic E-state index is 0.236. The number of nitrogens with two attached hydrogens (primary N) is 1. The summed E-state index contributed by atoms with van der Waals surface area (Å²) >= 11 is 0. The number of amides is 3. The maximum atomic E-state index is 14.0. The van der Waals surface area contributed by atoms with Crippen LogP contribution in [0.15, 0.2) is 18.2 Å². The number of halogens is 1. The summed E-state index contributed by atoms with van der Waals surface area (Å²) in [6, 6.07) is 2.83. The van der Waals surface area contributed by atoms with E-state index in [1.165, 1.54) is 6.07 Å². The van der Waals surface area contributed by atoms with Crippen LogP contribution in [0.5, 0.6) is 0 Å².